The molecule has 0 aromatic heterocycles. The summed E-state index contributed by atoms with van der Waals surface area (Å²) in [7, 11) is 2.91. The third kappa shape index (κ3) is 6.91. The van der Waals surface area contributed by atoms with Gasteiger partial charge in [0.25, 0.3) is 0 Å². The molecule has 1 aliphatic rings. The van der Waals surface area contributed by atoms with Gasteiger partial charge in [0.15, 0.2) is 0 Å². The quantitative estimate of drug-likeness (QED) is 0.343. The van der Waals surface area contributed by atoms with Crippen LogP contribution in [-0.4, -0.2) is 43.7 Å². The Morgan fingerprint density at radius 3 is 2.37 bits per heavy atom. The van der Waals surface area contributed by atoms with Gasteiger partial charge in [0, 0.05) is 23.9 Å². The molecule has 2 rings (SSSR count). The monoisotopic (exact) mass is 438 g/mol. The standard InChI is InChI=1S/C20H27ClN4O5/c1-12(24-25-20(28)19(27)22-13-7-5-4-6-8-13)9-18(26)23-15-11-16(29-2)14(21)10-17(15)30-3/h10-11,13H,4-9H2,1-3H3,(H,22,27)(H,23,26)(H,25,28). The van der Waals surface area contributed by atoms with Crippen molar-refractivity contribution in [2.45, 2.75) is 51.5 Å². The molecular weight excluding hydrogens is 412 g/mol. The minimum atomic E-state index is -0.857. The number of nitrogens with zero attached hydrogens (tertiary/aromatic N) is 1. The average Bonchev–Trinajstić information content (AvgIpc) is 2.73. The second kappa shape index (κ2) is 11.4. The van der Waals surface area contributed by atoms with Crippen LogP contribution in [0.15, 0.2) is 17.2 Å². The fourth-order valence-electron chi connectivity index (χ4n) is 3.12. The normalized spacial score (nSPS) is 14.6. The summed E-state index contributed by atoms with van der Waals surface area (Å²) in [6, 6.07) is 3.10. The Kier molecular flexibility index (Phi) is 8.91. The molecule has 0 aliphatic heterocycles. The van der Waals surface area contributed by atoms with Crippen molar-refractivity contribution in [2.24, 2.45) is 5.10 Å². The molecule has 0 heterocycles. The number of carbonyl (C=O) groups excluding carboxylic acids is 3. The maximum absolute atomic E-state index is 12.3. The van der Waals surface area contributed by atoms with Crippen molar-refractivity contribution in [1.82, 2.24) is 10.7 Å². The molecule has 3 amide bonds. The minimum Gasteiger partial charge on any atom is -0.495 e. The molecule has 9 nitrogen and oxygen atoms in total. The Balaban J connectivity index is 1.88. The molecule has 1 aromatic carbocycles. The summed E-state index contributed by atoms with van der Waals surface area (Å²) in [6.07, 6.45) is 4.89. The van der Waals surface area contributed by atoms with E-state index >= 15 is 0 Å². The fourth-order valence-corrected chi connectivity index (χ4v) is 3.35. The lowest BCUT2D eigenvalue weighted by Crippen LogP contribution is -2.44. The number of rotatable bonds is 7. The molecule has 0 atom stereocenters. The van der Waals surface area contributed by atoms with Gasteiger partial charge in [0.1, 0.15) is 11.5 Å². The van der Waals surface area contributed by atoms with Gasteiger partial charge in [-0.2, -0.15) is 5.10 Å². The first-order chi connectivity index (χ1) is 14.3. The highest BCUT2D eigenvalue weighted by Gasteiger charge is 2.20. The first kappa shape index (κ1) is 23.5. The molecule has 1 aliphatic carbocycles. The Morgan fingerprint density at radius 1 is 1.07 bits per heavy atom. The lowest BCUT2D eigenvalue weighted by molar-refractivity contribution is -0.139. The first-order valence-corrected chi connectivity index (χ1v) is 10.1. The van der Waals surface area contributed by atoms with Gasteiger partial charge in [-0.25, -0.2) is 5.43 Å². The van der Waals surface area contributed by atoms with E-state index in [9.17, 15) is 14.4 Å². The molecule has 30 heavy (non-hydrogen) atoms. The van der Waals surface area contributed by atoms with Crippen molar-refractivity contribution < 1.29 is 23.9 Å². The van der Waals surface area contributed by atoms with Crippen LogP contribution in [0.5, 0.6) is 11.5 Å². The van der Waals surface area contributed by atoms with E-state index in [2.05, 4.69) is 21.2 Å². The molecule has 0 bridgehead atoms. The highest BCUT2D eigenvalue weighted by atomic mass is 35.5. The number of benzene rings is 1. The van der Waals surface area contributed by atoms with Crippen LogP contribution in [0.1, 0.15) is 45.4 Å². The summed E-state index contributed by atoms with van der Waals surface area (Å²) in [5.74, 6) is -1.21. The van der Waals surface area contributed by atoms with E-state index in [4.69, 9.17) is 21.1 Å². The summed E-state index contributed by atoms with van der Waals surface area (Å²) in [5, 5.41) is 9.57. The number of anilines is 1. The van der Waals surface area contributed by atoms with Crippen molar-refractivity contribution in [2.75, 3.05) is 19.5 Å². The number of hydrazone groups is 1. The molecule has 3 N–H and O–H groups in total. The lowest BCUT2D eigenvalue weighted by Gasteiger charge is -2.22. The van der Waals surface area contributed by atoms with Crippen molar-refractivity contribution in [1.29, 1.82) is 0 Å². The average molecular weight is 439 g/mol. The van der Waals surface area contributed by atoms with Gasteiger partial charge < -0.3 is 20.1 Å². The van der Waals surface area contributed by atoms with Crippen molar-refractivity contribution >= 4 is 40.7 Å². The third-order valence-corrected chi connectivity index (χ3v) is 4.95. The number of amides is 3. The van der Waals surface area contributed by atoms with E-state index in [1.54, 1.807) is 13.0 Å². The van der Waals surface area contributed by atoms with E-state index in [0.717, 1.165) is 32.1 Å². The van der Waals surface area contributed by atoms with Crippen LogP contribution in [0, 0.1) is 0 Å². The van der Waals surface area contributed by atoms with Gasteiger partial charge >= 0.3 is 11.8 Å². The van der Waals surface area contributed by atoms with Crippen LogP contribution in [0.2, 0.25) is 5.02 Å². The van der Waals surface area contributed by atoms with E-state index in [1.807, 2.05) is 0 Å². The maximum Gasteiger partial charge on any atom is 0.329 e. The molecule has 0 spiro atoms. The summed E-state index contributed by atoms with van der Waals surface area (Å²) < 4.78 is 10.4. The van der Waals surface area contributed by atoms with Gasteiger partial charge in [-0.05, 0) is 19.8 Å². The van der Waals surface area contributed by atoms with E-state index in [0.29, 0.717) is 27.9 Å². The minimum absolute atomic E-state index is 0.0270. The lowest BCUT2D eigenvalue weighted by atomic mass is 9.95. The highest BCUT2D eigenvalue weighted by molar-refractivity contribution is 6.35. The van der Waals surface area contributed by atoms with Crippen molar-refractivity contribution in [3.05, 3.63) is 17.2 Å². The maximum atomic E-state index is 12.3. The number of ether oxygens (including phenoxy) is 2. The first-order valence-electron chi connectivity index (χ1n) is 9.69. The summed E-state index contributed by atoms with van der Waals surface area (Å²) in [4.78, 5) is 36.2. The van der Waals surface area contributed by atoms with Crippen LogP contribution in [0.25, 0.3) is 0 Å². The fraction of sp³-hybridized carbons (Fsp3) is 0.500. The second-order valence-corrected chi connectivity index (χ2v) is 7.42. The Bertz CT molecular complexity index is 822. The van der Waals surface area contributed by atoms with Crippen LogP contribution < -0.4 is 25.5 Å². The smallest absolute Gasteiger partial charge is 0.329 e. The van der Waals surface area contributed by atoms with Gasteiger partial charge in [0.05, 0.1) is 31.4 Å². The Labute approximate surface area is 180 Å². The zero-order chi connectivity index (χ0) is 22.1. The molecule has 1 saturated carbocycles. The molecule has 10 heteroatoms. The Hall–Kier alpha value is -2.81. The number of carbonyl (C=O) groups is 3. The van der Waals surface area contributed by atoms with Crippen LogP contribution in [0.3, 0.4) is 0 Å². The van der Waals surface area contributed by atoms with Gasteiger partial charge in [0.2, 0.25) is 5.91 Å². The molecule has 164 valence electrons. The van der Waals surface area contributed by atoms with Crippen LogP contribution in [-0.2, 0) is 14.4 Å². The van der Waals surface area contributed by atoms with E-state index in [1.165, 1.54) is 20.3 Å². The zero-order valence-corrected chi connectivity index (χ0v) is 18.1. The van der Waals surface area contributed by atoms with E-state index < -0.39 is 11.8 Å². The van der Waals surface area contributed by atoms with Crippen molar-refractivity contribution in [3.8, 4) is 11.5 Å². The second-order valence-electron chi connectivity index (χ2n) is 7.01. The van der Waals surface area contributed by atoms with Gasteiger partial charge in [-0.1, -0.05) is 30.9 Å². The summed E-state index contributed by atoms with van der Waals surface area (Å²) in [5.41, 5.74) is 2.89. The topological polar surface area (TPSA) is 118 Å². The molecule has 1 fully saturated rings. The predicted molar refractivity (Wildman–Crippen MR) is 114 cm³/mol. The molecule has 1 aromatic rings. The van der Waals surface area contributed by atoms with Crippen molar-refractivity contribution in [3.63, 3.8) is 0 Å². The number of hydrogen-bond donors (Lipinski definition) is 3. The number of halogens is 1. The zero-order valence-electron chi connectivity index (χ0n) is 17.3. The molecule has 0 unspecified atom stereocenters. The molecule has 0 saturated heterocycles. The third-order valence-electron chi connectivity index (χ3n) is 4.66. The number of nitrogens with one attached hydrogen (secondary N) is 3. The molecular formula is C20H27ClN4O5. The summed E-state index contributed by atoms with van der Waals surface area (Å²) in [6.45, 7) is 1.57. The van der Waals surface area contributed by atoms with Crippen LogP contribution >= 0.6 is 11.6 Å². The molecule has 0 radical (unpaired) electrons. The Morgan fingerprint density at radius 2 is 1.73 bits per heavy atom. The van der Waals surface area contributed by atoms with Gasteiger partial charge in [-0.3, -0.25) is 14.4 Å². The SMILES string of the molecule is COc1cc(NC(=O)CC(C)=NNC(=O)C(=O)NC2CCCCC2)c(OC)cc1Cl. The number of methoxy groups -OCH3 is 2. The predicted octanol–water partition coefficient (Wildman–Crippen LogP) is 2.63. The highest BCUT2D eigenvalue weighted by Crippen LogP contribution is 2.35. The van der Waals surface area contributed by atoms with Crippen LogP contribution in [0.4, 0.5) is 5.69 Å². The summed E-state index contributed by atoms with van der Waals surface area (Å²) >= 11 is 6.05. The number of hydrogen-bond acceptors (Lipinski definition) is 6. The van der Waals surface area contributed by atoms with E-state index in [-0.39, 0.29) is 18.4 Å². The van der Waals surface area contributed by atoms with Gasteiger partial charge in [-0.15, -0.1) is 0 Å². The largest absolute Gasteiger partial charge is 0.495 e.